The normalized spacial score (nSPS) is 15.5. The molecule has 0 unspecified atom stereocenters. The van der Waals surface area contributed by atoms with Gasteiger partial charge < -0.3 is 0 Å². The van der Waals surface area contributed by atoms with E-state index in [0.717, 1.165) is 0 Å². The average Bonchev–Trinajstić information content (AvgIpc) is 2.49. The summed E-state index contributed by atoms with van der Waals surface area (Å²) in [6.45, 7) is 0. The summed E-state index contributed by atoms with van der Waals surface area (Å²) in [5.74, 6) is -1.25. The number of Topliss-reactive ketones (excluding diaryl/α,β-unsaturated/α-hetero) is 1. The van der Waals surface area contributed by atoms with Crippen LogP contribution >= 0.6 is 0 Å². The summed E-state index contributed by atoms with van der Waals surface area (Å²) in [4.78, 5) is 21.9. The standard InChI is InChI=1S/C9H6N2O2/c12-8-7(10-11-9(8)13)6-4-2-1-3-5-6/h1-5H,(H,11,12,13). The Morgan fingerprint density at radius 1 is 1.08 bits per heavy atom. The minimum absolute atomic E-state index is 0.186. The molecule has 1 heterocycles. The maximum absolute atomic E-state index is 11.2. The van der Waals surface area contributed by atoms with Crippen molar-refractivity contribution in [2.24, 2.45) is 5.10 Å². The highest BCUT2D eigenvalue weighted by atomic mass is 16.2. The topological polar surface area (TPSA) is 58.5 Å². The van der Waals surface area contributed by atoms with Gasteiger partial charge in [0.2, 0.25) is 0 Å². The lowest BCUT2D eigenvalue weighted by Crippen LogP contribution is -2.22. The molecule has 4 nitrogen and oxygen atoms in total. The lowest BCUT2D eigenvalue weighted by Gasteiger charge is -1.94. The summed E-state index contributed by atoms with van der Waals surface area (Å²) >= 11 is 0. The lowest BCUT2D eigenvalue weighted by atomic mass is 10.1. The van der Waals surface area contributed by atoms with E-state index in [9.17, 15) is 9.59 Å². The first-order chi connectivity index (χ1) is 6.29. The Hall–Kier alpha value is -1.97. The molecule has 0 saturated heterocycles. The smallest absolute Gasteiger partial charge is 0.281 e. The number of nitrogens with zero attached hydrogens (tertiary/aromatic N) is 1. The number of hydrazone groups is 1. The highest BCUT2D eigenvalue weighted by molar-refractivity contribution is 6.69. The van der Waals surface area contributed by atoms with Crippen LogP contribution in [-0.4, -0.2) is 17.4 Å². The zero-order valence-corrected chi connectivity index (χ0v) is 6.65. The van der Waals surface area contributed by atoms with Gasteiger partial charge in [-0.3, -0.25) is 9.59 Å². The van der Waals surface area contributed by atoms with Crippen molar-refractivity contribution in [3.05, 3.63) is 35.9 Å². The van der Waals surface area contributed by atoms with Gasteiger partial charge in [-0.15, -0.1) is 0 Å². The molecule has 0 radical (unpaired) electrons. The van der Waals surface area contributed by atoms with Crippen molar-refractivity contribution >= 4 is 17.4 Å². The highest BCUT2D eigenvalue weighted by Crippen LogP contribution is 2.04. The first-order valence-electron chi connectivity index (χ1n) is 3.77. The van der Waals surface area contributed by atoms with E-state index in [1.54, 1.807) is 24.3 Å². The van der Waals surface area contributed by atoms with Crippen LogP contribution in [0.15, 0.2) is 35.4 Å². The van der Waals surface area contributed by atoms with Crippen LogP contribution in [0.5, 0.6) is 0 Å². The van der Waals surface area contributed by atoms with Gasteiger partial charge in [0.1, 0.15) is 5.71 Å². The van der Waals surface area contributed by atoms with Crippen molar-refractivity contribution in [1.29, 1.82) is 0 Å². The lowest BCUT2D eigenvalue weighted by molar-refractivity contribution is -0.133. The number of amides is 1. The Balaban J connectivity index is 2.39. The van der Waals surface area contributed by atoms with Gasteiger partial charge in [-0.25, -0.2) is 5.43 Å². The third kappa shape index (κ3) is 1.22. The van der Waals surface area contributed by atoms with Crippen LogP contribution in [-0.2, 0) is 9.59 Å². The van der Waals surface area contributed by atoms with Gasteiger partial charge in [0, 0.05) is 5.56 Å². The van der Waals surface area contributed by atoms with E-state index in [1.165, 1.54) is 0 Å². The van der Waals surface area contributed by atoms with E-state index < -0.39 is 11.7 Å². The molecule has 0 aliphatic carbocycles. The Labute approximate surface area is 74.3 Å². The number of rotatable bonds is 1. The second-order valence-electron chi connectivity index (χ2n) is 2.60. The Morgan fingerprint density at radius 2 is 1.77 bits per heavy atom. The van der Waals surface area contributed by atoms with E-state index in [4.69, 9.17) is 0 Å². The highest BCUT2D eigenvalue weighted by Gasteiger charge is 2.27. The second-order valence-corrected chi connectivity index (χ2v) is 2.60. The molecular weight excluding hydrogens is 168 g/mol. The summed E-state index contributed by atoms with van der Waals surface area (Å²) in [6, 6.07) is 8.87. The number of hydrogen-bond acceptors (Lipinski definition) is 3. The molecule has 64 valence electrons. The van der Waals surface area contributed by atoms with Gasteiger partial charge in [-0.05, 0) is 0 Å². The van der Waals surface area contributed by atoms with Crippen LogP contribution < -0.4 is 5.43 Å². The van der Waals surface area contributed by atoms with Crippen molar-refractivity contribution in [3.63, 3.8) is 0 Å². The molecule has 1 aromatic carbocycles. The Morgan fingerprint density at radius 3 is 2.31 bits per heavy atom. The predicted molar refractivity (Wildman–Crippen MR) is 46.1 cm³/mol. The summed E-state index contributed by atoms with van der Waals surface area (Å²) in [6.07, 6.45) is 0. The van der Waals surface area contributed by atoms with Gasteiger partial charge >= 0.3 is 5.91 Å². The van der Waals surface area contributed by atoms with Crippen LogP contribution in [0.25, 0.3) is 0 Å². The molecule has 0 atom stereocenters. The van der Waals surface area contributed by atoms with Crippen molar-refractivity contribution in [2.75, 3.05) is 0 Å². The predicted octanol–water partition coefficient (Wildman–Crippen LogP) is 0.0896. The number of hydrogen-bond donors (Lipinski definition) is 1. The zero-order valence-electron chi connectivity index (χ0n) is 6.65. The molecule has 13 heavy (non-hydrogen) atoms. The maximum Gasteiger partial charge on any atom is 0.314 e. The van der Waals surface area contributed by atoms with Gasteiger partial charge in [0.25, 0.3) is 5.78 Å². The van der Waals surface area contributed by atoms with Gasteiger partial charge in [0.05, 0.1) is 0 Å². The number of nitrogens with one attached hydrogen (secondary N) is 1. The minimum atomic E-state index is -0.668. The fraction of sp³-hybridized carbons (Fsp3) is 0. The Kier molecular flexibility index (Phi) is 1.66. The Bertz CT molecular complexity index is 395. The van der Waals surface area contributed by atoms with E-state index >= 15 is 0 Å². The molecule has 0 spiro atoms. The molecule has 0 saturated carbocycles. The monoisotopic (exact) mass is 174 g/mol. The summed E-state index contributed by atoms with van der Waals surface area (Å²) in [5, 5.41) is 3.64. The summed E-state index contributed by atoms with van der Waals surface area (Å²) in [7, 11) is 0. The maximum atomic E-state index is 11.2. The van der Waals surface area contributed by atoms with Gasteiger partial charge in [0.15, 0.2) is 0 Å². The molecule has 1 aromatic rings. The first kappa shape index (κ1) is 7.67. The zero-order chi connectivity index (χ0) is 9.26. The number of ketones is 1. The van der Waals surface area contributed by atoms with Crippen LogP contribution in [0.3, 0.4) is 0 Å². The molecule has 0 fully saturated rings. The molecule has 4 heteroatoms. The molecule has 1 aliphatic rings. The molecule has 0 aromatic heterocycles. The van der Waals surface area contributed by atoms with Gasteiger partial charge in [-0.2, -0.15) is 5.10 Å². The molecule has 2 rings (SSSR count). The third-order valence-electron chi connectivity index (χ3n) is 1.74. The van der Waals surface area contributed by atoms with Crippen molar-refractivity contribution in [1.82, 2.24) is 5.43 Å². The quantitative estimate of drug-likeness (QED) is 0.613. The van der Waals surface area contributed by atoms with Crippen LogP contribution in [0.4, 0.5) is 0 Å². The molecular formula is C9H6N2O2. The fourth-order valence-electron chi connectivity index (χ4n) is 1.11. The SMILES string of the molecule is O=C1NN=C(c2ccccc2)C1=O. The molecule has 0 bridgehead atoms. The van der Waals surface area contributed by atoms with Crippen LogP contribution in [0.1, 0.15) is 5.56 Å². The average molecular weight is 174 g/mol. The van der Waals surface area contributed by atoms with Crippen molar-refractivity contribution in [2.45, 2.75) is 0 Å². The van der Waals surface area contributed by atoms with Crippen molar-refractivity contribution in [3.8, 4) is 0 Å². The van der Waals surface area contributed by atoms with Crippen molar-refractivity contribution < 1.29 is 9.59 Å². The first-order valence-corrected chi connectivity index (χ1v) is 3.77. The van der Waals surface area contributed by atoms with E-state index in [0.29, 0.717) is 5.56 Å². The number of carbonyl (C=O) groups is 2. The van der Waals surface area contributed by atoms with E-state index in [-0.39, 0.29) is 5.71 Å². The minimum Gasteiger partial charge on any atom is -0.281 e. The second kappa shape index (κ2) is 2.82. The molecule has 1 N–H and O–H groups in total. The van der Waals surface area contributed by atoms with E-state index in [1.807, 2.05) is 6.07 Å². The molecule has 1 aliphatic heterocycles. The van der Waals surface area contributed by atoms with Gasteiger partial charge in [-0.1, -0.05) is 30.3 Å². The fourth-order valence-corrected chi connectivity index (χ4v) is 1.11. The van der Waals surface area contributed by atoms with Crippen LogP contribution in [0.2, 0.25) is 0 Å². The molecule has 1 amide bonds. The number of carbonyl (C=O) groups excluding carboxylic acids is 2. The third-order valence-corrected chi connectivity index (χ3v) is 1.74. The van der Waals surface area contributed by atoms with E-state index in [2.05, 4.69) is 10.5 Å². The van der Waals surface area contributed by atoms with Crippen LogP contribution in [0, 0.1) is 0 Å². The largest absolute Gasteiger partial charge is 0.314 e. The summed E-state index contributed by atoms with van der Waals surface area (Å²) in [5.41, 5.74) is 2.96. The summed E-state index contributed by atoms with van der Waals surface area (Å²) < 4.78 is 0. The number of benzene rings is 1.